The van der Waals surface area contributed by atoms with Crippen LogP contribution in [0.1, 0.15) is 94.0 Å². The Morgan fingerprint density at radius 2 is 1.56 bits per heavy atom. The molecule has 1 saturated carbocycles. The van der Waals surface area contributed by atoms with Gasteiger partial charge in [0, 0.05) is 53.1 Å². The largest absolute Gasteiger partial charge is 0.444 e. The van der Waals surface area contributed by atoms with Crippen LogP contribution in [0.2, 0.25) is 10.0 Å². The number of carbonyl (C=O) groups excluding carboxylic acids is 3. The van der Waals surface area contributed by atoms with Crippen LogP contribution in [-0.4, -0.2) is 54.1 Å². The Bertz CT molecular complexity index is 1300. The highest BCUT2D eigenvalue weighted by molar-refractivity contribution is 6.36. The number of rotatable bonds is 6. The second kappa shape index (κ2) is 13.5. The summed E-state index contributed by atoms with van der Waals surface area (Å²) in [5, 5.41) is 7.31. The van der Waals surface area contributed by atoms with Crippen molar-refractivity contribution in [3.05, 3.63) is 57.6 Å². The molecule has 2 aliphatic heterocycles. The van der Waals surface area contributed by atoms with Crippen molar-refractivity contribution in [2.24, 2.45) is 11.8 Å². The third-order valence-electron chi connectivity index (χ3n) is 9.06. The van der Waals surface area contributed by atoms with Crippen LogP contribution < -0.4 is 10.6 Å². The van der Waals surface area contributed by atoms with E-state index in [9.17, 15) is 14.4 Å². The molecule has 2 N–H and O–H groups in total. The molecule has 0 bridgehead atoms. The second-order valence-corrected chi connectivity index (χ2v) is 14.1. The van der Waals surface area contributed by atoms with Gasteiger partial charge in [-0.3, -0.25) is 9.59 Å². The first-order valence-electron chi connectivity index (χ1n) is 15.7. The summed E-state index contributed by atoms with van der Waals surface area (Å²) < 4.78 is 5.47. The molecule has 3 aliphatic rings. The zero-order chi connectivity index (χ0) is 30.7. The highest BCUT2D eigenvalue weighted by Gasteiger charge is 2.40. The normalized spacial score (nSPS) is 20.9. The van der Waals surface area contributed by atoms with Gasteiger partial charge in [-0.1, -0.05) is 54.6 Å². The maximum atomic E-state index is 13.0. The van der Waals surface area contributed by atoms with Gasteiger partial charge in [0.2, 0.25) is 5.91 Å². The molecule has 0 radical (unpaired) electrons. The second-order valence-electron chi connectivity index (χ2n) is 13.3. The molecule has 0 spiro atoms. The van der Waals surface area contributed by atoms with Gasteiger partial charge in [0.1, 0.15) is 5.60 Å². The van der Waals surface area contributed by atoms with Crippen LogP contribution in [0.15, 0.2) is 36.4 Å². The van der Waals surface area contributed by atoms with Gasteiger partial charge in [-0.2, -0.15) is 0 Å². The summed E-state index contributed by atoms with van der Waals surface area (Å²) in [6.07, 6.45) is 7.62. The molecule has 9 heteroatoms. The first-order chi connectivity index (χ1) is 20.5. The fraction of sp³-hybridized carbons (Fsp3) is 0.559. The van der Waals surface area contributed by atoms with Crippen LogP contribution in [0, 0.1) is 11.8 Å². The summed E-state index contributed by atoms with van der Waals surface area (Å²) >= 11 is 13.9. The summed E-state index contributed by atoms with van der Waals surface area (Å²) in [5.41, 5.74) is 2.72. The van der Waals surface area contributed by atoms with Crippen molar-refractivity contribution in [2.75, 3.05) is 19.6 Å². The van der Waals surface area contributed by atoms with Gasteiger partial charge in [-0.25, -0.2) is 4.79 Å². The SMILES string of the molecule is CC(C)(C)OC(=O)N1CCC(NC(=O)c2ccc(-c3cc(Cl)c(C(C4CCCCC4)C4CCNC4=O)c(Cl)c3)cc2)CC1. The van der Waals surface area contributed by atoms with Crippen molar-refractivity contribution in [1.82, 2.24) is 15.5 Å². The Kier molecular flexibility index (Phi) is 9.92. The molecule has 2 atom stereocenters. The molecule has 2 heterocycles. The average molecular weight is 629 g/mol. The molecule has 3 amide bonds. The molecule has 232 valence electrons. The quantitative estimate of drug-likeness (QED) is 0.345. The number of nitrogens with zero attached hydrogens (tertiary/aromatic N) is 1. The number of amides is 3. The van der Waals surface area contributed by atoms with E-state index in [4.69, 9.17) is 27.9 Å². The Labute approximate surface area is 265 Å². The van der Waals surface area contributed by atoms with Gasteiger partial charge in [0.15, 0.2) is 0 Å². The van der Waals surface area contributed by atoms with Gasteiger partial charge in [-0.15, -0.1) is 0 Å². The third-order valence-corrected chi connectivity index (χ3v) is 9.68. The van der Waals surface area contributed by atoms with Crippen molar-refractivity contribution >= 4 is 41.1 Å². The zero-order valence-corrected chi connectivity index (χ0v) is 26.9. The van der Waals surface area contributed by atoms with E-state index in [0.717, 1.165) is 36.0 Å². The number of halogens is 2. The van der Waals surface area contributed by atoms with E-state index >= 15 is 0 Å². The van der Waals surface area contributed by atoms with Gasteiger partial charge < -0.3 is 20.3 Å². The monoisotopic (exact) mass is 627 g/mol. The first kappa shape index (κ1) is 31.6. The van der Waals surface area contributed by atoms with Gasteiger partial charge in [0.05, 0.1) is 0 Å². The minimum Gasteiger partial charge on any atom is -0.444 e. The number of hydrogen-bond donors (Lipinski definition) is 2. The average Bonchev–Trinajstić information content (AvgIpc) is 3.40. The number of piperidine rings is 1. The summed E-state index contributed by atoms with van der Waals surface area (Å²) in [7, 11) is 0. The first-order valence-corrected chi connectivity index (χ1v) is 16.4. The lowest BCUT2D eigenvalue weighted by atomic mass is 9.70. The summed E-state index contributed by atoms with van der Waals surface area (Å²) in [6, 6.07) is 11.3. The summed E-state index contributed by atoms with van der Waals surface area (Å²) in [5.74, 6) is 0.268. The highest BCUT2D eigenvalue weighted by atomic mass is 35.5. The van der Waals surface area contributed by atoms with Crippen LogP contribution in [0.25, 0.3) is 11.1 Å². The molecule has 3 fully saturated rings. The van der Waals surface area contributed by atoms with Crippen LogP contribution >= 0.6 is 23.2 Å². The van der Waals surface area contributed by atoms with Gasteiger partial charge in [-0.05, 0) is 99.7 Å². The predicted octanol–water partition coefficient (Wildman–Crippen LogP) is 7.59. The van der Waals surface area contributed by atoms with E-state index in [-0.39, 0.29) is 35.8 Å². The van der Waals surface area contributed by atoms with Crippen molar-refractivity contribution in [3.8, 4) is 11.1 Å². The molecular formula is C34H43Cl2N3O4. The van der Waals surface area contributed by atoms with Crippen molar-refractivity contribution < 1.29 is 19.1 Å². The maximum Gasteiger partial charge on any atom is 0.410 e. The number of hydrogen-bond acceptors (Lipinski definition) is 4. The molecule has 2 unspecified atom stereocenters. The lowest BCUT2D eigenvalue weighted by Gasteiger charge is -2.34. The Morgan fingerprint density at radius 1 is 0.930 bits per heavy atom. The molecule has 0 aromatic heterocycles. The van der Waals surface area contributed by atoms with E-state index in [1.807, 2.05) is 57.2 Å². The van der Waals surface area contributed by atoms with E-state index < -0.39 is 5.60 Å². The zero-order valence-electron chi connectivity index (χ0n) is 25.4. The number of benzene rings is 2. The van der Waals surface area contributed by atoms with E-state index in [2.05, 4.69) is 10.6 Å². The Balaban J connectivity index is 1.25. The van der Waals surface area contributed by atoms with Gasteiger partial charge >= 0.3 is 6.09 Å². The molecule has 5 rings (SSSR count). The van der Waals surface area contributed by atoms with Crippen molar-refractivity contribution in [2.45, 2.75) is 89.7 Å². The van der Waals surface area contributed by atoms with Gasteiger partial charge in [0.25, 0.3) is 5.91 Å². The highest BCUT2D eigenvalue weighted by Crippen LogP contribution is 2.48. The lowest BCUT2D eigenvalue weighted by molar-refractivity contribution is -0.123. The number of ether oxygens (including phenoxy) is 1. The molecule has 2 aromatic carbocycles. The maximum absolute atomic E-state index is 13.0. The molecule has 2 saturated heterocycles. The number of likely N-dealkylation sites (tertiary alicyclic amines) is 1. The van der Waals surface area contributed by atoms with Crippen molar-refractivity contribution in [1.29, 1.82) is 0 Å². The molecular weight excluding hydrogens is 585 g/mol. The fourth-order valence-electron chi connectivity index (χ4n) is 6.90. The van der Waals surface area contributed by atoms with Crippen LogP contribution in [0.4, 0.5) is 4.79 Å². The molecule has 1 aliphatic carbocycles. The van der Waals surface area contributed by atoms with Crippen molar-refractivity contribution in [3.63, 3.8) is 0 Å². The Morgan fingerprint density at radius 3 is 2.12 bits per heavy atom. The predicted molar refractivity (Wildman–Crippen MR) is 171 cm³/mol. The minimum atomic E-state index is -0.530. The minimum absolute atomic E-state index is 0.00456. The molecule has 2 aromatic rings. The lowest BCUT2D eigenvalue weighted by Crippen LogP contribution is -2.47. The molecule has 43 heavy (non-hydrogen) atoms. The van der Waals surface area contributed by atoms with E-state index in [1.54, 1.807) is 4.90 Å². The number of nitrogens with one attached hydrogen (secondary N) is 2. The smallest absolute Gasteiger partial charge is 0.410 e. The summed E-state index contributed by atoms with van der Waals surface area (Å²) in [4.78, 5) is 39.8. The Hall–Kier alpha value is -2.77. The number of carbonyl (C=O) groups is 3. The van der Waals surface area contributed by atoms with Crippen LogP contribution in [0.5, 0.6) is 0 Å². The van der Waals surface area contributed by atoms with Crippen LogP contribution in [-0.2, 0) is 9.53 Å². The topological polar surface area (TPSA) is 87.7 Å². The van der Waals surface area contributed by atoms with E-state index in [0.29, 0.717) is 54.0 Å². The summed E-state index contributed by atoms with van der Waals surface area (Å²) in [6.45, 7) is 7.35. The third kappa shape index (κ3) is 7.66. The van der Waals surface area contributed by atoms with Crippen LogP contribution in [0.3, 0.4) is 0 Å². The molecule has 7 nitrogen and oxygen atoms in total. The standard InChI is InChI=1S/C34H43Cl2N3O4/c1-34(2,3)43-33(42)39-17-14-25(15-18-39)38-31(40)23-11-9-21(10-12-23)24-19-27(35)30(28(36)20-24)29(22-7-5-4-6-8-22)26-13-16-37-32(26)41/h9-12,19-20,22,25-26,29H,4-8,13-18H2,1-3H3,(H,37,41)(H,38,40). The van der Waals surface area contributed by atoms with E-state index in [1.165, 1.54) is 19.3 Å². The fourth-order valence-corrected chi connectivity index (χ4v) is 7.64.